The molecule has 0 spiro atoms. The summed E-state index contributed by atoms with van der Waals surface area (Å²) in [6.07, 6.45) is 1.75. The molecule has 1 saturated heterocycles. The number of fused-ring (bicyclic) bond motifs is 1. The molecule has 5 rings (SSSR count). The molecular formula is C29H28N4O4S. The van der Waals surface area contributed by atoms with Gasteiger partial charge in [-0.25, -0.2) is 9.97 Å². The summed E-state index contributed by atoms with van der Waals surface area (Å²) in [6, 6.07) is 12.1. The second kappa shape index (κ2) is 9.02. The number of imidazole rings is 1. The number of Topliss-reactive ketones (excluding diaryl/α,β-unsaturated/α-hetero) is 2. The molecule has 4 heterocycles. The van der Waals surface area contributed by atoms with Crippen LogP contribution in [-0.2, 0) is 15.0 Å². The number of amides is 1. The zero-order valence-corrected chi connectivity index (χ0v) is 22.9. The van der Waals surface area contributed by atoms with E-state index in [2.05, 4.69) is 30.7 Å². The molecule has 38 heavy (non-hydrogen) atoms. The quantitative estimate of drug-likeness (QED) is 0.162. The van der Waals surface area contributed by atoms with Crippen LogP contribution in [0.3, 0.4) is 0 Å². The van der Waals surface area contributed by atoms with Crippen LogP contribution < -0.4 is 4.90 Å². The molecule has 3 aromatic heterocycles. The third-order valence-corrected chi connectivity index (χ3v) is 8.03. The summed E-state index contributed by atoms with van der Waals surface area (Å²) >= 11 is 1.06. The number of aliphatic hydroxyl groups excluding tert-OH is 1. The molecule has 1 atom stereocenters. The molecule has 0 saturated carbocycles. The number of aryl methyl sites for hydroxylation is 2. The summed E-state index contributed by atoms with van der Waals surface area (Å²) in [7, 11) is 0. The van der Waals surface area contributed by atoms with Gasteiger partial charge in [0.25, 0.3) is 5.78 Å². The van der Waals surface area contributed by atoms with Crippen molar-refractivity contribution in [1.29, 1.82) is 0 Å². The van der Waals surface area contributed by atoms with Gasteiger partial charge in [0.15, 0.2) is 16.7 Å². The zero-order chi connectivity index (χ0) is 27.5. The molecule has 1 N–H and O–H groups in total. The van der Waals surface area contributed by atoms with Crippen LogP contribution in [0.2, 0.25) is 0 Å². The van der Waals surface area contributed by atoms with Crippen molar-refractivity contribution in [3.05, 3.63) is 87.3 Å². The van der Waals surface area contributed by atoms with Gasteiger partial charge in [-0.05, 0) is 42.5 Å². The Kier molecular flexibility index (Phi) is 6.06. The third-order valence-electron chi connectivity index (χ3n) is 6.78. The van der Waals surface area contributed by atoms with E-state index in [-0.39, 0.29) is 27.7 Å². The first-order chi connectivity index (χ1) is 17.9. The van der Waals surface area contributed by atoms with E-state index in [1.165, 1.54) is 11.8 Å². The lowest BCUT2D eigenvalue weighted by Gasteiger charge is -2.24. The Morgan fingerprint density at radius 1 is 1.00 bits per heavy atom. The van der Waals surface area contributed by atoms with Crippen molar-refractivity contribution < 1.29 is 19.5 Å². The van der Waals surface area contributed by atoms with Crippen molar-refractivity contribution in [1.82, 2.24) is 14.4 Å². The average Bonchev–Trinajstić information content (AvgIpc) is 3.49. The number of aliphatic hydroxyl groups is 1. The minimum absolute atomic E-state index is 0.0514. The molecule has 1 unspecified atom stereocenters. The maximum absolute atomic E-state index is 13.6. The van der Waals surface area contributed by atoms with E-state index in [9.17, 15) is 19.5 Å². The number of ketones is 2. The van der Waals surface area contributed by atoms with E-state index in [0.717, 1.165) is 16.9 Å². The number of anilines is 1. The predicted molar refractivity (Wildman–Crippen MR) is 147 cm³/mol. The van der Waals surface area contributed by atoms with Crippen molar-refractivity contribution in [3.8, 4) is 0 Å². The lowest BCUT2D eigenvalue weighted by atomic mass is 9.85. The van der Waals surface area contributed by atoms with E-state index in [0.29, 0.717) is 33.2 Å². The minimum Gasteiger partial charge on any atom is -0.505 e. The van der Waals surface area contributed by atoms with E-state index in [1.54, 1.807) is 36.6 Å². The van der Waals surface area contributed by atoms with Crippen LogP contribution in [0.15, 0.2) is 54.2 Å². The molecule has 4 aromatic rings. The van der Waals surface area contributed by atoms with Gasteiger partial charge in [-0.1, -0.05) is 62.4 Å². The summed E-state index contributed by atoms with van der Waals surface area (Å²) in [6.45, 7) is 11.2. The maximum atomic E-state index is 13.6. The normalized spacial score (nSPS) is 17.5. The average molecular weight is 529 g/mol. The Balaban J connectivity index is 1.77. The van der Waals surface area contributed by atoms with E-state index in [4.69, 9.17) is 0 Å². The number of aromatic nitrogens is 3. The van der Waals surface area contributed by atoms with E-state index >= 15 is 0 Å². The first-order valence-corrected chi connectivity index (χ1v) is 13.1. The van der Waals surface area contributed by atoms with Crippen LogP contribution in [0.1, 0.15) is 71.6 Å². The van der Waals surface area contributed by atoms with Crippen LogP contribution in [0, 0.1) is 13.8 Å². The van der Waals surface area contributed by atoms with Gasteiger partial charge in [0.05, 0.1) is 27.9 Å². The molecule has 1 aliphatic heterocycles. The molecular weight excluding hydrogens is 500 g/mol. The molecule has 0 aliphatic carbocycles. The fourth-order valence-corrected chi connectivity index (χ4v) is 5.84. The number of pyridine rings is 1. The molecule has 9 heteroatoms. The van der Waals surface area contributed by atoms with Gasteiger partial charge in [0.2, 0.25) is 0 Å². The molecule has 8 nitrogen and oxygen atoms in total. The standard InChI is InChI=1S/C29H28N4O4S/c1-15-22(32-14-8-7-9-20(32)30-15)24(35)21-23(18-10-12-19(13-11-18)29(4,5)6)33(27(37)25(21)36)28-31-16(2)26(38-28)17(3)34/h7-14,23,35H,1-6H3. The molecule has 0 radical (unpaired) electrons. The summed E-state index contributed by atoms with van der Waals surface area (Å²) < 4.78 is 1.69. The largest absolute Gasteiger partial charge is 0.505 e. The van der Waals surface area contributed by atoms with Gasteiger partial charge in [-0.15, -0.1) is 0 Å². The minimum atomic E-state index is -0.942. The Labute approximate surface area is 224 Å². The van der Waals surface area contributed by atoms with Gasteiger partial charge >= 0.3 is 5.91 Å². The summed E-state index contributed by atoms with van der Waals surface area (Å²) in [5.41, 5.74) is 3.52. The Hall–Kier alpha value is -4.11. The number of thiazole rings is 1. The first-order valence-electron chi connectivity index (χ1n) is 12.2. The first kappa shape index (κ1) is 25.5. The molecule has 194 valence electrons. The second-order valence-electron chi connectivity index (χ2n) is 10.5. The highest BCUT2D eigenvalue weighted by Gasteiger charge is 2.49. The Morgan fingerprint density at radius 3 is 2.29 bits per heavy atom. The van der Waals surface area contributed by atoms with Gasteiger partial charge in [0, 0.05) is 13.1 Å². The van der Waals surface area contributed by atoms with Gasteiger partial charge in [0.1, 0.15) is 11.3 Å². The summed E-state index contributed by atoms with van der Waals surface area (Å²) in [5, 5.41) is 11.9. The van der Waals surface area contributed by atoms with Gasteiger partial charge < -0.3 is 5.11 Å². The zero-order valence-electron chi connectivity index (χ0n) is 22.1. The monoisotopic (exact) mass is 528 g/mol. The van der Waals surface area contributed by atoms with Crippen LogP contribution in [-0.4, -0.2) is 36.9 Å². The van der Waals surface area contributed by atoms with Crippen LogP contribution in [0.4, 0.5) is 5.13 Å². The number of rotatable bonds is 4. The lowest BCUT2D eigenvalue weighted by molar-refractivity contribution is -0.132. The number of hydrogen-bond acceptors (Lipinski definition) is 7. The smallest absolute Gasteiger partial charge is 0.301 e. The number of hydrogen-bond donors (Lipinski definition) is 1. The van der Waals surface area contributed by atoms with Gasteiger partial charge in [-0.2, -0.15) is 0 Å². The molecule has 1 aliphatic rings. The topological polar surface area (TPSA) is 105 Å². The SMILES string of the molecule is CC(=O)c1sc(N2C(=O)C(=O)C(=C(O)c3c(C)nc4ccccn34)C2c2ccc(C(C)(C)C)cc2)nc1C. The highest BCUT2D eigenvalue weighted by Crippen LogP contribution is 2.44. The highest BCUT2D eigenvalue weighted by atomic mass is 32.1. The van der Waals surface area contributed by atoms with Crippen LogP contribution in [0.5, 0.6) is 0 Å². The number of nitrogens with zero attached hydrogens (tertiary/aromatic N) is 4. The van der Waals surface area contributed by atoms with Crippen molar-refractivity contribution in [3.63, 3.8) is 0 Å². The Bertz CT molecular complexity index is 1650. The maximum Gasteiger partial charge on any atom is 0.301 e. The van der Waals surface area contributed by atoms with E-state index in [1.807, 2.05) is 30.3 Å². The predicted octanol–water partition coefficient (Wildman–Crippen LogP) is 5.53. The van der Waals surface area contributed by atoms with Crippen molar-refractivity contribution in [2.24, 2.45) is 0 Å². The lowest BCUT2D eigenvalue weighted by Crippen LogP contribution is -2.29. The van der Waals surface area contributed by atoms with Crippen LogP contribution >= 0.6 is 11.3 Å². The summed E-state index contributed by atoms with van der Waals surface area (Å²) in [5.74, 6) is -2.12. The number of benzene rings is 1. The van der Waals surface area contributed by atoms with Crippen molar-refractivity contribution >= 4 is 45.3 Å². The Morgan fingerprint density at radius 2 is 1.68 bits per heavy atom. The van der Waals surface area contributed by atoms with Gasteiger partial charge in [-0.3, -0.25) is 23.7 Å². The fourth-order valence-electron chi connectivity index (χ4n) is 4.85. The molecule has 0 bridgehead atoms. The number of carbonyl (C=O) groups excluding carboxylic acids is 3. The van der Waals surface area contributed by atoms with Crippen LogP contribution in [0.25, 0.3) is 11.4 Å². The third kappa shape index (κ3) is 4.03. The number of carbonyl (C=O) groups is 3. The fraction of sp³-hybridized carbons (Fsp3) is 0.276. The molecule has 1 fully saturated rings. The van der Waals surface area contributed by atoms with Crippen molar-refractivity contribution in [2.45, 2.75) is 53.0 Å². The van der Waals surface area contributed by atoms with Crippen molar-refractivity contribution in [2.75, 3.05) is 4.90 Å². The van der Waals surface area contributed by atoms with E-state index < -0.39 is 17.7 Å². The second-order valence-corrected chi connectivity index (χ2v) is 11.5. The molecule has 1 aromatic carbocycles. The summed E-state index contributed by atoms with van der Waals surface area (Å²) in [4.78, 5) is 50.0. The molecule has 1 amide bonds. The highest BCUT2D eigenvalue weighted by molar-refractivity contribution is 7.18.